The summed E-state index contributed by atoms with van der Waals surface area (Å²) in [6, 6.07) is 11.6. The predicted molar refractivity (Wildman–Crippen MR) is 75.7 cm³/mol. The number of para-hydroxylation sites is 1. The Balaban J connectivity index is 1.68. The molecule has 1 heterocycles. The minimum absolute atomic E-state index is 0.0959. The van der Waals surface area contributed by atoms with Crippen molar-refractivity contribution in [1.29, 1.82) is 0 Å². The van der Waals surface area contributed by atoms with Crippen LogP contribution in [0.5, 0.6) is 17.2 Å². The van der Waals surface area contributed by atoms with Gasteiger partial charge in [-0.15, -0.1) is 0 Å². The SMILES string of the molecule is O=C(NN=Cc1ccccc1O)c1ccc2c(c1)OCO2. The topological polar surface area (TPSA) is 80.2 Å². The van der Waals surface area contributed by atoms with Gasteiger partial charge in [-0.2, -0.15) is 5.10 Å². The minimum atomic E-state index is -0.375. The lowest BCUT2D eigenvalue weighted by molar-refractivity contribution is 0.0954. The Bertz CT molecular complexity index is 713. The maximum Gasteiger partial charge on any atom is 0.271 e. The Morgan fingerprint density at radius 1 is 1.19 bits per heavy atom. The van der Waals surface area contributed by atoms with Crippen molar-refractivity contribution in [3.63, 3.8) is 0 Å². The van der Waals surface area contributed by atoms with Crippen LogP contribution in [0, 0.1) is 0 Å². The van der Waals surface area contributed by atoms with E-state index in [2.05, 4.69) is 10.5 Å². The fraction of sp³-hybridized carbons (Fsp3) is 0.0667. The molecule has 0 unspecified atom stereocenters. The summed E-state index contributed by atoms with van der Waals surface area (Å²) in [5, 5.41) is 13.4. The summed E-state index contributed by atoms with van der Waals surface area (Å²) in [7, 11) is 0. The smallest absolute Gasteiger partial charge is 0.271 e. The second-order valence-corrected chi connectivity index (χ2v) is 4.33. The van der Waals surface area contributed by atoms with Gasteiger partial charge in [0, 0.05) is 11.1 Å². The number of hydrazone groups is 1. The zero-order valence-corrected chi connectivity index (χ0v) is 10.9. The van der Waals surface area contributed by atoms with Gasteiger partial charge in [0.25, 0.3) is 5.91 Å². The maximum atomic E-state index is 11.9. The number of amides is 1. The maximum absolute atomic E-state index is 11.9. The molecule has 0 saturated heterocycles. The molecule has 6 nitrogen and oxygen atoms in total. The van der Waals surface area contributed by atoms with E-state index in [-0.39, 0.29) is 18.4 Å². The molecule has 2 aromatic rings. The number of phenolic OH excluding ortho intramolecular Hbond substituents is 1. The number of rotatable bonds is 3. The Labute approximate surface area is 120 Å². The lowest BCUT2D eigenvalue weighted by Gasteiger charge is -2.02. The van der Waals surface area contributed by atoms with Gasteiger partial charge in [-0.3, -0.25) is 4.79 Å². The molecule has 1 aliphatic heterocycles. The monoisotopic (exact) mass is 284 g/mol. The number of fused-ring (bicyclic) bond motifs is 1. The number of aromatic hydroxyl groups is 1. The van der Waals surface area contributed by atoms with Crippen LogP contribution < -0.4 is 14.9 Å². The Kier molecular flexibility index (Phi) is 3.42. The van der Waals surface area contributed by atoms with Crippen LogP contribution in [0.4, 0.5) is 0 Å². The number of carbonyl (C=O) groups excluding carboxylic acids is 1. The summed E-state index contributed by atoms with van der Waals surface area (Å²) >= 11 is 0. The van der Waals surface area contributed by atoms with Crippen molar-refractivity contribution >= 4 is 12.1 Å². The standard InChI is InChI=1S/C15H12N2O4/c18-12-4-2-1-3-11(12)8-16-17-15(19)10-5-6-13-14(7-10)21-9-20-13/h1-8,18H,9H2,(H,17,19). The third-order valence-electron chi connectivity index (χ3n) is 2.94. The average Bonchev–Trinajstić information content (AvgIpc) is 2.96. The lowest BCUT2D eigenvalue weighted by Crippen LogP contribution is -2.17. The van der Waals surface area contributed by atoms with E-state index in [9.17, 15) is 9.90 Å². The van der Waals surface area contributed by atoms with Crippen molar-refractivity contribution in [2.24, 2.45) is 5.10 Å². The normalized spacial score (nSPS) is 12.6. The number of phenols is 1. The highest BCUT2D eigenvalue weighted by Gasteiger charge is 2.15. The number of hydrogen-bond donors (Lipinski definition) is 2. The van der Waals surface area contributed by atoms with Gasteiger partial charge in [0.05, 0.1) is 6.21 Å². The van der Waals surface area contributed by atoms with Crippen molar-refractivity contribution in [3.8, 4) is 17.2 Å². The summed E-state index contributed by atoms with van der Waals surface area (Å²) in [5.41, 5.74) is 3.32. The quantitative estimate of drug-likeness (QED) is 0.666. The molecular weight excluding hydrogens is 272 g/mol. The summed E-state index contributed by atoms with van der Waals surface area (Å²) in [4.78, 5) is 11.9. The number of carbonyl (C=O) groups is 1. The predicted octanol–water partition coefficient (Wildman–Crippen LogP) is 1.88. The van der Waals surface area contributed by atoms with Gasteiger partial charge in [0.2, 0.25) is 6.79 Å². The van der Waals surface area contributed by atoms with Crippen LogP contribution in [-0.2, 0) is 0 Å². The van der Waals surface area contributed by atoms with Crippen LogP contribution >= 0.6 is 0 Å². The van der Waals surface area contributed by atoms with Crippen LogP contribution in [0.2, 0.25) is 0 Å². The van der Waals surface area contributed by atoms with Gasteiger partial charge in [-0.25, -0.2) is 5.43 Å². The second kappa shape index (κ2) is 5.54. The van der Waals surface area contributed by atoms with E-state index in [1.165, 1.54) is 6.21 Å². The molecular formula is C15H12N2O4. The Morgan fingerprint density at radius 3 is 2.86 bits per heavy atom. The van der Waals surface area contributed by atoms with Crippen molar-refractivity contribution in [3.05, 3.63) is 53.6 Å². The lowest BCUT2D eigenvalue weighted by atomic mass is 10.2. The molecule has 1 aliphatic rings. The molecule has 6 heteroatoms. The van der Waals surface area contributed by atoms with E-state index in [4.69, 9.17) is 9.47 Å². The Morgan fingerprint density at radius 2 is 2.00 bits per heavy atom. The van der Waals surface area contributed by atoms with Gasteiger partial charge in [-0.05, 0) is 30.3 Å². The van der Waals surface area contributed by atoms with E-state index in [0.717, 1.165) is 0 Å². The second-order valence-electron chi connectivity index (χ2n) is 4.33. The van der Waals surface area contributed by atoms with Gasteiger partial charge >= 0.3 is 0 Å². The third kappa shape index (κ3) is 2.79. The van der Waals surface area contributed by atoms with E-state index in [1.54, 1.807) is 42.5 Å². The minimum Gasteiger partial charge on any atom is -0.507 e. The summed E-state index contributed by atoms with van der Waals surface area (Å²) in [6.45, 7) is 0.159. The highest BCUT2D eigenvalue weighted by molar-refractivity contribution is 5.95. The largest absolute Gasteiger partial charge is 0.507 e. The molecule has 0 aromatic heterocycles. The molecule has 0 aliphatic carbocycles. The zero-order valence-electron chi connectivity index (χ0n) is 10.9. The van der Waals surface area contributed by atoms with Crippen molar-refractivity contribution < 1.29 is 19.4 Å². The molecule has 0 spiro atoms. The highest BCUT2D eigenvalue weighted by Crippen LogP contribution is 2.32. The molecule has 0 fully saturated rings. The molecule has 0 radical (unpaired) electrons. The summed E-state index contributed by atoms with van der Waals surface area (Å²) in [5.74, 6) is 0.871. The molecule has 21 heavy (non-hydrogen) atoms. The fourth-order valence-corrected chi connectivity index (χ4v) is 1.86. The van der Waals surface area contributed by atoms with Crippen molar-refractivity contribution in [2.45, 2.75) is 0 Å². The van der Waals surface area contributed by atoms with Gasteiger partial charge in [0.15, 0.2) is 11.5 Å². The number of benzene rings is 2. The van der Waals surface area contributed by atoms with Gasteiger partial charge in [0.1, 0.15) is 5.75 Å². The first-order valence-electron chi connectivity index (χ1n) is 6.25. The van der Waals surface area contributed by atoms with E-state index in [0.29, 0.717) is 22.6 Å². The zero-order chi connectivity index (χ0) is 14.7. The van der Waals surface area contributed by atoms with Crippen LogP contribution in [0.1, 0.15) is 15.9 Å². The van der Waals surface area contributed by atoms with Gasteiger partial charge in [-0.1, -0.05) is 12.1 Å². The molecule has 0 saturated carbocycles. The number of hydrogen-bond acceptors (Lipinski definition) is 5. The van der Waals surface area contributed by atoms with Crippen LogP contribution in [0.15, 0.2) is 47.6 Å². The molecule has 0 bridgehead atoms. The van der Waals surface area contributed by atoms with E-state index < -0.39 is 0 Å². The highest BCUT2D eigenvalue weighted by atomic mass is 16.7. The Hall–Kier alpha value is -3.02. The molecule has 106 valence electrons. The molecule has 1 amide bonds. The number of ether oxygens (including phenoxy) is 2. The fourth-order valence-electron chi connectivity index (χ4n) is 1.86. The van der Waals surface area contributed by atoms with Crippen LogP contribution in [-0.4, -0.2) is 24.0 Å². The third-order valence-corrected chi connectivity index (χ3v) is 2.94. The summed E-state index contributed by atoms with van der Waals surface area (Å²) in [6.07, 6.45) is 1.38. The first kappa shape index (κ1) is 13.0. The molecule has 0 atom stereocenters. The van der Waals surface area contributed by atoms with E-state index in [1.807, 2.05) is 0 Å². The molecule has 2 N–H and O–H groups in total. The average molecular weight is 284 g/mol. The summed E-state index contributed by atoms with van der Waals surface area (Å²) < 4.78 is 10.4. The molecule has 2 aromatic carbocycles. The van der Waals surface area contributed by atoms with Gasteiger partial charge < -0.3 is 14.6 Å². The molecule has 3 rings (SSSR count). The number of nitrogens with one attached hydrogen (secondary N) is 1. The van der Waals surface area contributed by atoms with Crippen LogP contribution in [0.3, 0.4) is 0 Å². The first-order chi connectivity index (χ1) is 10.2. The van der Waals surface area contributed by atoms with Crippen molar-refractivity contribution in [2.75, 3.05) is 6.79 Å². The van der Waals surface area contributed by atoms with Crippen LogP contribution in [0.25, 0.3) is 0 Å². The van der Waals surface area contributed by atoms with E-state index >= 15 is 0 Å². The first-order valence-corrected chi connectivity index (χ1v) is 6.25. The van der Waals surface area contributed by atoms with Crippen molar-refractivity contribution in [1.82, 2.24) is 5.43 Å². The number of nitrogens with zero attached hydrogens (tertiary/aromatic N) is 1.